The predicted octanol–water partition coefficient (Wildman–Crippen LogP) is 2.40. The van der Waals surface area contributed by atoms with Crippen LogP contribution in [-0.2, 0) is 11.2 Å². The zero-order valence-electron chi connectivity index (χ0n) is 16.8. The highest BCUT2D eigenvalue weighted by Crippen LogP contribution is 2.15. The van der Waals surface area contributed by atoms with E-state index in [2.05, 4.69) is 32.7 Å². The topological polar surface area (TPSA) is 60.0 Å². The van der Waals surface area contributed by atoms with E-state index in [0.29, 0.717) is 5.96 Å². The summed E-state index contributed by atoms with van der Waals surface area (Å²) in [5.41, 5.74) is 2.41. The molecule has 0 saturated carbocycles. The van der Waals surface area contributed by atoms with Gasteiger partial charge in [0.2, 0.25) is 5.91 Å². The van der Waals surface area contributed by atoms with Gasteiger partial charge in [-0.25, -0.2) is 0 Å². The molecule has 1 fully saturated rings. The van der Waals surface area contributed by atoms with Gasteiger partial charge in [0.25, 0.3) is 0 Å². The summed E-state index contributed by atoms with van der Waals surface area (Å²) >= 11 is 5.91. The average Bonchev–Trinajstić information content (AvgIpc) is 2.78. The van der Waals surface area contributed by atoms with E-state index in [1.54, 1.807) is 7.05 Å². The minimum Gasteiger partial charge on any atom is -0.368 e. The van der Waals surface area contributed by atoms with Crippen molar-refractivity contribution in [1.82, 2.24) is 15.5 Å². The Labute approximate surface area is 177 Å². The molecule has 154 valence electrons. The Balaban J connectivity index is 1.37. The largest absolute Gasteiger partial charge is 0.368 e. The number of halogens is 1. The summed E-state index contributed by atoms with van der Waals surface area (Å²) in [6, 6.07) is 18.1. The van der Waals surface area contributed by atoms with Gasteiger partial charge in [-0.15, -0.1) is 0 Å². The number of hydrogen-bond acceptors (Lipinski definition) is 3. The van der Waals surface area contributed by atoms with Crippen LogP contribution < -0.4 is 15.5 Å². The first kappa shape index (κ1) is 21.0. The number of aliphatic imine (C=N–C) groups is 1. The first-order valence-electron chi connectivity index (χ1n) is 9.92. The van der Waals surface area contributed by atoms with Gasteiger partial charge in [0, 0.05) is 50.5 Å². The van der Waals surface area contributed by atoms with Crippen LogP contribution in [0.4, 0.5) is 5.69 Å². The molecule has 1 amide bonds. The molecule has 0 atom stereocenters. The summed E-state index contributed by atoms with van der Waals surface area (Å²) in [6.45, 7) is 4.14. The molecule has 6 nitrogen and oxygen atoms in total. The monoisotopic (exact) mass is 413 g/mol. The van der Waals surface area contributed by atoms with E-state index in [1.807, 2.05) is 47.4 Å². The van der Waals surface area contributed by atoms with Gasteiger partial charge in [0.15, 0.2) is 5.96 Å². The number of para-hydroxylation sites is 1. The summed E-state index contributed by atoms with van der Waals surface area (Å²) < 4.78 is 0. The highest BCUT2D eigenvalue weighted by Gasteiger charge is 2.21. The zero-order valence-corrected chi connectivity index (χ0v) is 17.5. The second-order valence-corrected chi connectivity index (χ2v) is 7.37. The molecule has 7 heteroatoms. The maximum atomic E-state index is 12.5. The van der Waals surface area contributed by atoms with Crippen LogP contribution in [-0.4, -0.2) is 63.1 Å². The van der Waals surface area contributed by atoms with E-state index in [1.165, 1.54) is 11.3 Å². The van der Waals surface area contributed by atoms with E-state index in [0.717, 1.165) is 44.2 Å². The molecule has 2 N–H and O–H groups in total. The van der Waals surface area contributed by atoms with Crippen LogP contribution >= 0.6 is 11.6 Å². The first-order chi connectivity index (χ1) is 14.2. The molecule has 3 rings (SSSR count). The van der Waals surface area contributed by atoms with Gasteiger partial charge in [0.05, 0.1) is 6.54 Å². The van der Waals surface area contributed by atoms with Crippen molar-refractivity contribution in [2.24, 2.45) is 4.99 Å². The Kier molecular flexibility index (Phi) is 7.76. The normalized spacial score (nSPS) is 14.6. The lowest BCUT2D eigenvalue weighted by atomic mass is 10.1. The Morgan fingerprint density at radius 2 is 1.69 bits per heavy atom. The van der Waals surface area contributed by atoms with E-state index < -0.39 is 0 Å². The molecule has 0 bridgehead atoms. The molecular weight excluding hydrogens is 386 g/mol. The van der Waals surface area contributed by atoms with Crippen molar-refractivity contribution in [3.63, 3.8) is 0 Å². The minimum atomic E-state index is 0.0957. The summed E-state index contributed by atoms with van der Waals surface area (Å²) in [7, 11) is 1.71. The molecule has 2 aromatic carbocycles. The number of nitrogens with one attached hydrogen (secondary N) is 2. The average molecular weight is 414 g/mol. The number of amides is 1. The molecular formula is C22H28ClN5O. The second-order valence-electron chi connectivity index (χ2n) is 6.93. The van der Waals surface area contributed by atoms with Crippen LogP contribution in [0.25, 0.3) is 0 Å². The molecule has 1 aliphatic rings. The number of carbonyl (C=O) groups excluding carboxylic acids is 1. The lowest BCUT2D eigenvalue weighted by Crippen LogP contribution is -2.52. The van der Waals surface area contributed by atoms with E-state index in [4.69, 9.17) is 11.6 Å². The van der Waals surface area contributed by atoms with E-state index >= 15 is 0 Å². The van der Waals surface area contributed by atoms with Crippen LogP contribution in [0.2, 0.25) is 5.02 Å². The van der Waals surface area contributed by atoms with Gasteiger partial charge >= 0.3 is 0 Å². The molecule has 1 saturated heterocycles. The zero-order chi connectivity index (χ0) is 20.5. The fourth-order valence-electron chi connectivity index (χ4n) is 3.32. The first-order valence-corrected chi connectivity index (χ1v) is 10.3. The number of anilines is 1. The number of piperazine rings is 1. The van der Waals surface area contributed by atoms with Gasteiger partial charge in [0.1, 0.15) is 0 Å². The fourth-order valence-corrected chi connectivity index (χ4v) is 3.45. The van der Waals surface area contributed by atoms with Crippen molar-refractivity contribution >= 4 is 29.2 Å². The smallest absolute Gasteiger partial charge is 0.242 e. The molecule has 0 aromatic heterocycles. The molecule has 0 radical (unpaired) electrons. The number of benzene rings is 2. The van der Waals surface area contributed by atoms with Crippen molar-refractivity contribution in [3.8, 4) is 0 Å². The molecule has 2 aromatic rings. The molecule has 0 spiro atoms. The van der Waals surface area contributed by atoms with Crippen LogP contribution in [0.5, 0.6) is 0 Å². The van der Waals surface area contributed by atoms with E-state index in [9.17, 15) is 4.79 Å². The second kappa shape index (κ2) is 10.7. The Bertz CT molecular complexity index is 802. The summed E-state index contributed by atoms with van der Waals surface area (Å²) in [4.78, 5) is 21.0. The van der Waals surface area contributed by atoms with Gasteiger partial charge < -0.3 is 20.4 Å². The van der Waals surface area contributed by atoms with Gasteiger partial charge in [-0.05, 0) is 36.2 Å². The van der Waals surface area contributed by atoms with Crippen LogP contribution in [0.1, 0.15) is 5.56 Å². The Morgan fingerprint density at radius 1 is 1.00 bits per heavy atom. The quantitative estimate of drug-likeness (QED) is 0.564. The maximum Gasteiger partial charge on any atom is 0.242 e. The molecule has 0 unspecified atom stereocenters. The summed E-state index contributed by atoms with van der Waals surface area (Å²) in [5.74, 6) is 0.730. The fraction of sp³-hybridized carbons (Fsp3) is 0.364. The highest BCUT2D eigenvalue weighted by molar-refractivity contribution is 6.30. The van der Waals surface area contributed by atoms with Gasteiger partial charge in [-0.2, -0.15) is 0 Å². The third-order valence-corrected chi connectivity index (χ3v) is 5.26. The van der Waals surface area contributed by atoms with Crippen molar-refractivity contribution in [1.29, 1.82) is 0 Å². The molecule has 1 aliphatic heterocycles. The van der Waals surface area contributed by atoms with Crippen LogP contribution in [0.3, 0.4) is 0 Å². The summed E-state index contributed by atoms with van der Waals surface area (Å²) in [5, 5.41) is 7.10. The summed E-state index contributed by atoms with van der Waals surface area (Å²) in [6.07, 6.45) is 0.854. The molecule has 0 aliphatic carbocycles. The van der Waals surface area contributed by atoms with Crippen molar-refractivity contribution in [3.05, 3.63) is 65.2 Å². The standard InChI is InChI=1S/C22H28ClN5O/c1-24-22(25-12-11-18-7-9-19(23)10-8-18)26-17-21(29)28-15-13-27(14-16-28)20-5-3-2-4-6-20/h2-10H,11-17H2,1H3,(H2,24,25,26). The minimum absolute atomic E-state index is 0.0957. The van der Waals surface area contributed by atoms with Crippen molar-refractivity contribution in [2.45, 2.75) is 6.42 Å². The van der Waals surface area contributed by atoms with Gasteiger partial charge in [-0.3, -0.25) is 9.79 Å². The number of rotatable bonds is 6. The highest BCUT2D eigenvalue weighted by atomic mass is 35.5. The number of nitrogens with zero attached hydrogens (tertiary/aromatic N) is 3. The number of carbonyl (C=O) groups is 1. The lowest BCUT2D eigenvalue weighted by Gasteiger charge is -2.36. The molecule has 1 heterocycles. The van der Waals surface area contributed by atoms with E-state index in [-0.39, 0.29) is 12.5 Å². The van der Waals surface area contributed by atoms with Crippen LogP contribution in [0.15, 0.2) is 59.6 Å². The number of guanidine groups is 1. The SMILES string of the molecule is CN=C(NCCc1ccc(Cl)cc1)NCC(=O)N1CCN(c2ccccc2)CC1. The Morgan fingerprint density at radius 3 is 2.34 bits per heavy atom. The molecule has 29 heavy (non-hydrogen) atoms. The van der Waals surface area contributed by atoms with Crippen LogP contribution in [0, 0.1) is 0 Å². The third kappa shape index (κ3) is 6.39. The van der Waals surface area contributed by atoms with Gasteiger partial charge in [-0.1, -0.05) is 41.9 Å². The third-order valence-electron chi connectivity index (χ3n) is 5.00. The predicted molar refractivity (Wildman–Crippen MR) is 120 cm³/mol. The number of hydrogen-bond donors (Lipinski definition) is 2. The lowest BCUT2D eigenvalue weighted by molar-refractivity contribution is -0.130. The van der Waals surface area contributed by atoms with Crippen molar-refractivity contribution in [2.75, 3.05) is 51.2 Å². The maximum absolute atomic E-state index is 12.5. The van der Waals surface area contributed by atoms with Crippen molar-refractivity contribution < 1.29 is 4.79 Å². The Hall–Kier alpha value is -2.73.